The Labute approximate surface area is 130 Å². The first kappa shape index (κ1) is 15.2. The Bertz CT molecular complexity index is 630. The number of anilines is 2. The van der Waals surface area contributed by atoms with Gasteiger partial charge >= 0.3 is 0 Å². The van der Waals surface area contributed by atoms with Crippen molar-refractivity contribution < 1.29 is 4.79 Å². The van der Waals surface area contributed by atoms with E-state index in [4.69, 9.17) is 17.3 Å². The monoisotopic (exact) mass is 327 g/mol. The molecule has 0 saturated carbocycles. The van der Waals surface area contributed by atoms with Crippen LogP contribution in [0.3, 0.4) is 0 Å². The summed E-state index contributed by atoms with van der Waals surface area (Å²) < 4.78 is 0.884. The van der Waals surface area contributed by atoms with Gasteiger partial charge in [-0.3, -0.25) is 4.79 Å². The number of aromatic nitrogens is 1. The van der Waals surface area contributed by atoms with Crippen molar-refractivity contribution in [1.29, 1.82) is 0 Å². The molecule has 1 atom stereocenters. The molecule has 20 heavy (non-hydrogen) atoms. The van der Waals surface area contributed by atoms with Gasteiger partial charge < -0.3 is 11.1 Å². The fourth-order valence-corrected chi connectivity index (χ4v) is 3.64. The van der Waals surface area contributed by atoms with Gasteiger partial charge in [-0.25, -0.2) is 4.98 Å². The molecule has 2 aromatic rings. The largest absolute Gasteiger partial charge is 0.397 e. The van der Waals surface area contributed by atoms with Crippen LogP contribution in [-0.4, -0.2) is 16.1 Å². The molecule has 1 aromatic carbocycles. The molecule has 3 N–H and O–H groups in total. The summed E-state index contributed by atoms with van der Waals surface area (Å²) in [6.07, 6.45) is 0. The van der Waals surface area contributed by atoms with Crippen molar-refractivity contribution in [3.63, 3.8) is 0 Å². The van der Waals surface area contributed by atoms with Crippen molar-refractivity contribution in [2.75, 3.05) is 11.1 Å². The summed E-state index contributed by atoms with van der Waals surface area (Å²) >= 11 is 8.79. The molecule has 1 aromatic heterocycles. The van der Waals surface area contributed by atoms with E-state index in [9.17, 15) is 4.79 Å². The highest BCUT2D eigenvalue weighted by molar-refractivity contribution is 8.02. The number of nitrogens with zero attached hydrogens (tertiary/aromatic N) is 1. The molecule has 2 rings (SSSR count). The van der Waals surface area contributed by atoms with Crippen LogP contribution in [0.25, 0.3) is 0 Å². The summed E-state index contributed by atoms with van der Waals surface area (Å²) in [7, 11) is 0. The van der Waals surface area contributed by atoms with Gasteiger partial charge in [0.15, 0.2) is 4.34 Å². The van der Waals surface area contributed by atoms with E-state index in [1.54, 1.807) is 18.2 Å². The van der Waals surface area contributed by atoms with Gasteiger partial charge in [0.2, 0.25) is 5.91 Å². The third kappa shape index (κ3) is 3.88. The second-order valence-corrected chi connectivity index (χ2v) is 7.12. The number of benzene rings is 1. The van der Waals surface area contributed by atoms with Crippen LogP contribution >= 0.6 is 34.7 Å². The van der Waals surface area contributed by atoms with Crippen LogP contribution in [0.4, 0.5) is 11.4 Å². The maximum atomic E-state index is 12.1. The number of hydrogen-bond donors (Lipinski definition) is 2. The van der Waals surface area contributed by atoms with E-state index in [0.29, 0.717) is 16.4 Å². The van der Waals surface area contributed by atoms with Crippen LogP contribution in [0.15, 0.2) is 27.9 Å². The number of rotatable bonds is 4. The Morgan fingerprint density at radius 2 is 2.30 bits per heavy atom. The number of thioether (sulfide) groups is 1. The predicted octanol–water partition coefficient (Wildman–Crippen LogP) is 3.81. The second-order valence-electron chi connectivity index (χ2n) is 4.24. The molecular formula is C13H14ClN3OS2. The van der Waals surface area contributed by atoms with Gasteiger partial charge in [0.05, 0.1) is 16.6 Å². The highest BCUT2D eigenvalue weighted by Gasteiger charge is 2.17. The smallest absolute Gasteiger partial charge is 0.237 e. The summed E-state index contributed by atoms with van der Waals surface area (Å²) in [6.45, 7) is 3.77. The van der Waals surface area contributed by atoms with E-state index >= 15 is 0 Å². The lowest BCUT2D eigenvalue weighted by Gasteiger charge is -2.12. The fraction of sp³-hybridized carbons (Fsp3) is 0.231. The first-order valence-corrected chi connectivity index (χ1v) is 8.04. The van der Waals surface area contributed by atoms with Gasteiger partial charge in [0.1, 0.15) is 0 Å². The Hall–Kier alpha value is -1.24. The van der Waals surface area contributed by atoms with Gasteiger partial charge in [-0.1, -0.05) is 23.4 Å². The normalized spacial score (nSPS) is 12.2. The van der Waals surface area contributed by atoms with E-state index in [-0.39, 0.29) is 11.2 Å². The number of hydrogen-bond acceptors (Lipinski definition) is 5. The summed E-state index contributed by atoms with van der Waals surface area (Å²) in [5.74, 6) is -0.114. The first-order chi connectivity index (χ1) is 9.45. The maximum Gasteiger partial charge on any atom is 0.237 e. The number of nitrogens with one attached hydrogen (secondary N) is 1. The SMILES string of the molecule is Cc1csc(SC(C)C(=O)Nc2ccc(Cl)cc2N)n1. The quantitative estimate of drug-likeness (QED) is 0.662. The Balaban J connectivity index is 2.00. The van der Waals surface area contributed by atoms with Crippen molar-refractivity contribution in [2.24, 2.45) is 0 Å². The molecule has 0 fully saturated rings. The molecule has 0 aliphatic rings. The van der Waals surface area contributed by atoms with E-state index in [2.05, 4.69) is 10.3 Å². The van der Waals surface area contributed by atoms with Crippen molar-refractivity contribution in [2.45, 2.75) is 23.4 Å². The lowest BCUT2D eigenvalue weighted by molar-refractivity contribution is -0.115. The van der Waals surface area contributed by atoms with E-state index in [0.717, 1.165) is 10.0 Å². The number of carbonyl (C=O) groups excluding carboxylic acids is 1. The summed E-state index contributed by atoms with van der Waals surface area (Å²) in [5, 5.41) is 5.05. The molecule has 1 amide bonds. The Morgan fingerprint density at radius 3 is 2.90 bits per heavy atom. The topological polar surface area (TPSA) is 68.0 Å². The Kier molecular flexibility index (Phi) is 4.91. The molecule has 0 spiro atoms. The van der Waals surface area contributed by atoms with Crippen LogP contribution in [0.2, 0.25) is 5.02 Å². The van der Waals surface area contributed by atoms with Crippen LogP contribution < -0.4 is 11.1 Å². The number of halogens is 1. The van der Waals surface area contributed by atoms with Gasteiger partial charge in [0, 0.05) is 16.1 Å². The fourth-order valence-electron chi connectivity index (χ4n) is 1.47. The number of thiazole rings is 1. The molecule has 1 heterocycles. The molecule has 0 saturated heterocycles. The number of nitrogen functional groups attached to an aromatic ring is 1. The summed E-state index contributed by atoms with van der Waals surface area (Å²) in [5.41, 5.74) is 7.80. The first-order valence-electron chi connectivity index (χ1n) is 5.90. The van der Waals surface area contributed by atoms with Crippen molar-refractivity contribution in [3.05, 3.63) is 34.3 Å². The van der Waals surface area contributed by atoms with Gasteiger partial charge in [0.25, 0.3) is 0 Å². The minimum Gasteiger partial charge on any atom is -0.397 e. The number of carbonyl (C=O) groups is 1. The summed E-state index contributed by atoms with van der Waals surface area (Å²) in [4.78, 5) is 16.4. The van der Waals surface area contributed by atoms with E-state index in [1.165, 1.54) is 23.1 Å². The molecule has 4 nitrogen and oxygen atoms in total. The van der Waals surface area contributed by atoms with Crippen molar-refractivity contribution in [1.82, 2.24) is 4.98 Å². The van der Waals surface area contributed by atoms with Crippen molar-refractivity contribution >= 4 is 52.0 Å². The Morgan fingerprint density at radius 1 is 1.55 bits per heavy atom. The zero-order valence-corrected chi connectivity index (χ0v) is 13.4. The molecular weight excluding hydrogens is 314 g/mol. The van der Waals surface area contributed by atoms with E-state index < -0.39 is 0 Å². The summed E-state index contributed by atoms with van der Waals surface area (Å²) in [6, 6.07) is 5.00. The molecule has 7 heteroatoms. The average molecular weight is 328 g/mol. The number of amides is 1. The molecule has 0 aliphatic heterocycles. The zero-order chi connectivity index (χ0) is 14.7. The third-order valence-corrected chi connectivity index (χ3v) is 4.94. The van der Waals surface area contributed by atoms with Crippen molar-refractivity contribution in [3.8, 4) is 0 Å². The minimum absolute atomic E-state index is 0.114. The highest BCUT2D eigenvalue weighted by atomic mass is 35.5. The van der Waals surface area contributed by atoms with Gasteiger partial charge in [-0.05, 0) is 32.0 Å². The van der Waals surface area contributed by atoms with Crippen LogP contribution in [0.1, 0.15) is 12.6 Å². The van der Waals surface area contributed by atoms with Gasteiger partial charge in [-0.15, -0.1) is 11.3 Å². The van der Waals surface area contributed by atoms with Crippen LogP contribution in [0.5, 0.6) is 0 Å². The number of nitrogens with two attached hydrogens (primary N) is 1. The molecule has 0 radical (unpaired) electrons. The lowest BCUT2D eigenvalue weighted by Crippen LogP contribution is -2.22. The van der Waals surface area contributed by atoms with Crippen LogP contribution in [0, 0.1) is 6.92 Å². The molecule has 1 unspecified atom stereocenters. The van der Waals surface area contributed by atoms with Gasteiger partial charge in [-0.2, -0.15) is 0 Å². The second kappa shape index (κ2) is 6.47. The minimum atomic E-state index is -0.254. The average Bonchev–Trinajstić information content (AvgIpc) is 2.78. The zero-order valence-electron chi connectivity index (χ0n) is 11.0. The maximum absolute atomic E-state index is 12.1. The van der Waals surface area contributed by atoms with Crippen LogP contribution in [-0.2, 0) is 4.79 Å². The number of aryl methyl sites for hydroxylation is 1. The highest BCUT2D eigenvalue weighted by Crippen LogP contribution is 2.28. The standard InChI is InChI=1S/C13H14ClN3OS2/c1-7-6-19-13(16-7)20-8(2)12(18)17-11-4-3-9(14)5-10(11)15/h3-6,8H,15H2,1-2H3,(H,17,18). The lowest BCUT2D eigenvalue weighted by atomic mass is 10.2. The van der Waals surface area contributed by atoms with E-state index in [1.807, 2.05) is 19.2 Å². The molecule has 106 valence electrons. The predicted molar refractivity (Wildman–Crippen MR) is 86.7 cm³/mol. The molecule has 0 bridgehead atoms. The third-order valence-electron chi connectivity index (χ3n) is 2.52. The molecule has 0 aliphatic carbocycles.